The zero-order valence-electron chi connectivity index (χ0n) is 10.1. The van der Waals surface area contributed by atoms with Gasteiger partial charge in [-0.05, 0) is 12.8 Å². The van der Waals surface area contributed by atoms with Crippen molar-refractivity contribution >= 4 is 12.0 Å². The Morgan fingerprint density at radius 2 is 2.00 bits per heavy atom. The van der Waals surface area contributed by atoms with Crippen molar-refractivity contribution in [2.24, 2.45) is 0 Å². The highest BCUT2D eigenvalue weighted by atomic mass is 16.4. The van der Waals surface area contributed by atoms with Crippen molar-refractivity contribution < 1.29 is 14.7 Å². The molecule has 0 bridgehead atoms. The largest absolute Gasteiger partial charge is 0.480 e. The minimum Gasteiger partial charge on any atom is -0.480 e. The van der Waals surface area contributed by atoms with Crippen molar-refractivity contribution in [2.45, 2.75) is 31.7 Å². The number of hydrogen-bond donors (Lipinski definition) is 1. The zero-order chi connectivity index (χ0) is 12.8. The molecule has 1 rings (SSSR count). The lowest BCUT2D eigenvalue weighted by atomic mass is 10.2. The van der Waals surface area contributed by atoms with Crippen LogP contribution in [0.3, 0.4) is 0 Å². The van der Waals surface area contributed by atoms with Crippen LogP contribution in [0.4, 0.5) is 4.79 Å². The number of carbonyl (C=O) groups excluding carboxylic acids is 1. The third-order valence-electron chi connectivity index (χ3n) is 2.97. The second-order valence-corrected chi connectivity index (χ2v) is 4.30. The quantitative estimate of drug-likeness (QED) is 0.743. The van der Waals surface area contributed by atoms with Crippen LogP contribution in [0.15, 0.2) is 0 Å². The molecule has 1 fully saturated rings. The number of hydrogen-bond acceptors (Lipinski definition) is 2. The number of nitrogens with zero attached hydrogens (tertiary/aromatic N) is 2. The number of rotatable bonds is 4. The van der Waals surface area contributed by atoms with E-state index >= 15 is 0 Å². The Bertz CT molecular complexity index is 329. The molecule has 1 saturated carbocycles. The fraction of sp³-hybridized carbons (Fsp3) is 0.667. The Hall–Kier alpha value is -1.70. The fourth-order valence-corrected chi connectivity index (χ4v) is 2.14. The SMILES string of the molecule is C#CCN(C)C(=O)N(CC(=O)O)C1CCCC1. The van der Waals surface area contributed by atoms with Crippen LogP contribution >= 0.6 is 0 Å². The van der Waals surface area contributed by atoms with E-state index in [1.807, 2.05) is 0 Å². The Balaban J connectivity index is 2.71. The van der Waals surface area contributed by atoms with E-state index < -0.39 is 5.97 Å². The third-order valence-corrected chi connectivity index (χ3v) is 2.97. The van der Waals surface area contributed by atoms with Crippen LogP contribution in [-0.2, 0) is 4.79 Å². The number of terminal acetylenes is 1. The summed E-state index contributed by atoms with van der Waals surface area (Å²) in [4.78, 5) is 25.6. The van der Waals surface area contributed by atoms with Crippen LogP contribution in [-0.4, -0.2) is 53.1 Å². The van der Waals surface area contributed by atoms with E-state index in [-0.39, 0.29) is 25.2 Å². The maximum absolute atomic E-state index is 12.0. The topological polar surface area (TPSA) is 60.9 Å². The van der Waals surface area contributed by atoms with Gasteiger partial charge in [-0.25, -0.2) is 4.79 Å². The Morgan fingerprint density at radius 1 is 1.41 bits per heavy atom. The predicted molar refractivity (Wildman–Crippen MR) is 63.5 cm³/mol. The Kier molecular flexibility index (Phi) is 4.83. The monoisotopic (exact) mass is 238 g/mol. The highest BCUT2D eigenvalue weighted by Crippen LogP contribution is 2.24. The molecule has 0 aromatic carbocycles. The molecule has 5 heteroatoms. The van der Waals surface area contributed by atoms with Crippen LogP contribution in [0.2, 0.25) is 0 Å². The van der Waals surface area contributed by atoms with Gasteiger partial charge in [-0.2, -0.15) is 0 Å². The van der Waals surface area contributed by atoms with Gasteiger partial charge < -0.3 is 14.9 Å². The van der Waals surface area contributed by atoms with Gasteiger partial charge in [0, 0.05) is 13.1 Å². The van der Waals surface area contributed by atoms with E-state index in [0.717, 1.165) is 25.7 Å². The molecular weight excluding hydrogens is 220 g/mol. The van der Waals surface area contributed by atoms with Crippen LogP contribution in [0.5, 0.6) is 0 Å². The average molecular weight is 238 g/mol. The van der Waals surface area contributed by atoms with Crippen molar-refractivity contribution in [3.63, 3.8) is 0 Å². The molecule has 2 amide bonds. The number of amides is 2. The predicted octanol–water partition coefficient (Wildman–Crippen LogP) is 1.00. The summed E-state index contributed by atoms with van der Waals surface area (Å²) in [6.45, 7) is -0.0555. The second kappa shape index (κ2) is 6.14. The molecule has 0 aliphatic heterocycles. The minimum atomic E-state index is -0.987. The Labute approximate surface area is 101 Å². The number of urea groups is 1. The van der Waals surface area contributed by atoms with Gasteiger partial charge in [-0.3, -0.25) is 4.79 Å². The summed E-state index contributed by atoms with van der Waals surface area (Å²) in [5, 5.41) is 8.85. The molecule has 1 N–H and O–H groups in total. The lowest BCUT2D eigenvalue weighted by Gasteiger charge is -2.30. The lowest BCUT2D eigenvalue weighted by molar-refractivity contribution is -0.138. The smallest absolute Gasteiger partial charge is 0.323 e. The highest BCUT2D eigenvalue weighted by molar-refractivity contribution is 5.80. The maximum Gasteiger partial charge on any atom is 0.323 e. The van der Waals surface area contributed by atoms with Crippen molar-refractivity contribution in [1.82, 2.24) is 9.80 Å². The maximum atomic E-state index is 12.0. The van der Waals surface area contributed by atoms with E-state index in [1.165, 1.54) is 9.80 Å². The molecule has 0 radical (unpaired) electrons. The first-order valence-corrected chi connectivity index (χ1v) is 5.73. The van der Waals surface area contributed by atoms with E-state index in [2.05, 4.69) is 5.92 Å². The molecule has 17 heavy (non-hydrogen) atoms. The van der Waals surface area contributed by atoms with Gasteiger partial charge in [0.2, 0.25) is 0 Å². The molecule has 0 unspecified atom stereocenters. The molecule has 0 saturated heterocycles. The standard InChI is InChI=1S/C12H18N2O3/c1-3-8-13(2)12(17)14(9-11(15)16)10-6-4-5-7-10/h1,10H,4-9H2,2H3,(H,15,16). The van der Waals surface area contributed by atoms with Gasteiger partial charge in [-0.15, -0.1) is 6.42 Å². The summed E-state index contributed by atoms with van der Waals surface area (Å²) in [6.07, 6.45) is 9.00. The third kappa shape index (κ3) is 3.66. The van der Waals surface area contributed by atoms with E-state index in [1.54, 1.807) is 7.05 Å². The number of carboxylic acid groups (broad SMARTS) is 1. The number of aliphatic carboxylic acids is 1. The van der Waals surface area contributed by atoms with Gasteiger partial charge in [-0.1, -0.05) is 18.8 Å². The van der Waals surface area contributed by atoms with Gasteiger partial charge in [0.05, 0.1) is 6.54 Å². The summed E-state index contributed by atoms with van der Waals surface area (Å²) < 4.78 is 0. The molecule has 0 heterocycles. The summed E-state index contributed by atoms with van der Waals surface area (Å²) >= 11 is 0. The number of carboxylic acids is 1. The van der Waals surface area contributed by atoms with Gasteiger partial charge in [0.25, 0.3) is 0 Å². The normalized spacial score (nSPS) is 15.3. The Morgan fingerprint density at radius 3 is 2.47 bits per heavy atom. The van der Waals surface area contributed by atoms with Crippen molar-refractivity contribution in [3.05, 3.63) is 0 Å². The highest BCUT2D eigenvalue weighted by Gasteiger charge is 2.29. The second-order valence-electron chi connectivity index (χ2n) is 4.30. The van der Waals surface area contributed by atoms with E-state index in [0.29, 0.717) is 0 Å². The van der Waals surface area contributed by atoms with Crippen LogP contribution < -0.4 is 0 Å². The summed E-state index contributed by atoms with van der Waals surface area (Å²) in [6, 6.07) is -0.254. The van der Waals surface area contributed by atoms with Crippen molar-refractivity contribution in [1.29, 1.82) is 0 Å². The molecular formula is C12H18N2O3. The van der Waals surface area contributed by atoms with Gasteiger partial charge in [0.1, 0.15) is 6.54 Å². The summed E-state index contributed by atoms with van der Waals surface area (Å²) in [5.41, 5.74) is 0. The van der Waals surface area contributed by atoms with Crippen LogP contribution in [0, 0.1) is 12.3 Å². The van der Waals surface area contributed by atoms with E-state index in [4.69, 9.17) is 11.5 Å². The summed E-state index contributed by atoms with van der Waals surface area (Å²) in [7, 11) is 1.59. The molecule has 1 aliphatic rings. The average Bonchev–Trinajstić information content (AvgIpc) is 2.78. The first-order chi connectivity index (χ1) is 8.06. The fourth-order valence-electron chi connectivity index (χ4n) is 2.14. The van der Waals surface area contributed by atoms with Crippen LogP contribution in [0.25, 0.3) is 0 Å². The molecule has 5 nitrogen and oxygen atoms in total. The summed E-state index contributed by atoms with van der Waals surface area (Å²) in [5.74, 6) is 1.39. The van der Waals surface area contributed by atoms with Gasteiger partial charge >= 0.3 is 12.0 Å². The van der Waals surface area contributed by atoms with Crippen molar-refractivity contribution in [3.8, 4) is 12.3 Å². The molecule has 0 spiro atoms. The molecule has 0 aromatic rings. The molecule has 0 atom stereocenters. The van der Waals surface area contributed by atoms with Crippen molar-refractivity contribution in [2.75, 3.05) is 20.1 Å². The zero-order valence-corrected chi connectivity index (χ0v) is 10.1. The minimum absolute atomic E-state index is 0.0406. The molecule has 94 valence electrons. The van der Waals surface area contributed by atoms with Crippen LogP contribution in [0.1, 0.15) is 25.7 Å². The van der Waals surface area contributed by atoms with E-state index in [9.17, 15) is 9.59 Å². The first kappa shape index (κ1) is 13.4. The lowest BCUT2D eigenvalue weighted by Crippen LogP contribution is -2.48. The molecule has 0 aromatic heterocycles. The van der Waals surface area contributed by atoms with Gasteiger partial charge in [0.15, 0.2) is 0 Å². The number of carbonyl (C=O) groups is 2. The first-order valence-electron chi connectivity index (χ1n) is 5.73. The molecule has 1 aliphatic carbocycles.